The molecule has 0 spiro atoms. The van der Waals surface area contributed by atoms with Crippen LogP contribution in [0.1, 0.15) is 42.3 Å². The predicted molar refractivity (Wildman–Crippen MR) is 114 cm³/mol. The Morgan fingerprint density at radius 2 is 1.92 bits per heavy atom. The van der Waals surface area contributed by atoms with E-state index in [-0.39, 0.29) is 29.4 Å². The average molecular weight is 456 g/mol. The fourth-order valence-electron chi connectivity index (χ4n) is 2.47. The van der Waals surface area contributed by atoms with Gasteiger partial charge in [0.25, 0.3) is 0 Å². The molecule has 138 valence electrons. The minimum absolute atomic E-state index is 0. The molecule has 0 aliphatic rings. The number of aliphatic imine (C=N–C) groups is 1. The second-order valence-corrected chi connectivity index (χ2v) is 6.78. The zero-order chi connectivity index (χ0) is 17.7. The number of nitrogens with one attached hydrogen (secondary N) is 2. The highest BCUT2D eigenvalue weighted by molar-refractivity contribution is 14.0. The smallest absolute Gasteiger partial charge is 0.214 e. The van der Waals surface area contributed by atoms with Gasteiger partial charge in [0.1, 0.15) is 5.76 Å². The first kappa shape index (κ1) is 21.5. The lowest BCUT2D eigenvalue weighted by molar-refractivity contribution is 0.461. The number of hydrogen-bond donors (Lipinski definition) is 2. The quantitative estimate of drug-likeness (QED) is 0.408. The summed E-state index contributed by atoms with van der Waals surface area (Å²) in [6, 6.07) is 8.62. The number of halogens is 1. The molecule has 6 heteroatoms. The lowest BCUT2D eigenvalue weighted by Crippen LogP contribution is -2.43. The molecule has 0 radical (unpaired) electrons. The molecule has 0 aliphatic carbocycles. The van der Waals surface area contributed by atoms with Gasteiger partial charge >= 0.3 is 0 Å². The molecule has 0 amide bonds. The zero-order valence-electron chi connectivity index (χ0n) is 15.9. The highest BCUT2D eigenvalue weighted by Crippen LogP contribution is 2.22. The van der Waals surface area contributed by atoms with E-state index < -0.39 is 0 Å². The van der Waals surface area contributed by atoms with Gasteiger partial charge in [-0.1, -0.05) is 43.7 Å². The van der Waals surface area contributed by atoms with Crippen LogP contribution in [0.5, 0.6) is 0 Å². The molecule has 0 saturated carbocycles. The molecule has 0 atom stereocenters. The fourth-order valence-corrected chi connectivity index (χ4v) is 2.47. The third kappa shape index (κ3) is 6.02. The maximum absolute atomic E-state index is 5.58. The number of guanidine groups is 1. The molecule has 0 bridgehead atoms. The molecule has 0 unspecified atom stereocenters. The molecular weight excluding hydrogens is 427 g/mol. The molecule has 0 saturated heterocycles. The summed E-state index contributed by atoms with van der Waals surface area (Å²) in [4.78, 5) is 8.64. The van der Waals surface area contributed by atoms with Crippen molar-refractivity contribution in [2.24, 2.45) is 4.99 Å². The summed E-state index contributed by atoms with van der Waals surface area (Å²) in [5.74, 6) is 2.27. The Hall–Kier alpha value is -1.57. The number of aryl methyl sites for hydroxylation is 3. The lowest BCUT2D eigenvalue weighted by Gasteiger charge is -2.27. The second kappa shape index (κ2) is 9.22. The summed E-state index contributed by atoms with van der Waals surface area (Å²) in [7, 11) is 1.76. The van der Waals surface area contributed by atoms with Crippen LogP contribution in [0.3, 0.4) is 0 Å². The van der Waals surface area contributed by atoms with Gasteiger partial charge in [-0.25, -0.2) is 4.98 Å². The van der Waals surface area contributed by atoms with E-state index in [2.05, 4.69) is 65.6 Å². The van der Waals surface area contributed by atoms with Gasteiger partial charge in [0.2, 0.25) is 5.89 Å². The Balaban J connectivity index is 0.00000312. The van der Waals surface area contributed by atoms with E-state index in [1.54, 1.807) is 7.05 Å². The Morgan fingerprint density at radius 1 is 1.20 bits per heavy atom. The van der Waals surface area contributed by atoms with Gasteiger partial charge in [-0.2, -0.15) is 0 Å². The molecule has 1 aromatic heterocycles. The number of rotatable bonds is 5. The standard InChI is InChI=1S/C19H28N4O.HI/c1-13-8-7-9-16(10-13)19(4,5)12-22-18(20-6)21-11-17-23-14(2)15(3)24-17;/h7-10H,11-12H2,1-6H3,(H2,20,21,22);1H. The van der Waals surface area contributed by atoms with Crippen LogP contribution >= 0.6 is 24.0 Å². The largest absolute Gasteiger partial charge is 0.444 e. The first-order chi connectivity index (χ1) is 11.3. The molecule has 1 aromatic carbocycles. The molecule has 0 fully saturated rings. The van der Waals surface area contributed by atoms with Crippen LogP contribution in [0.15, 0.2) is 33.7 Å². The third-order valence-electron chi connectivity index (χ3n) is 4.20. The van der Waals surface area contributed by atoms with Crippen molar-refractivity contribution in [2.45, 2.75) is 46.6 Å². The van der Waals surface area contributed by atoms with E-state index >= 15 is 0 Å². The Labute approximate surface area is 167 Å². The van der Waals surface area contributed by atoms with Gasteiger partial charge in [-0.3, -0.25) is 4.99 Å². The summed E-state index contributed by atoms with van der Waals surface area (Å²) in [5, 5.41) is 6.63. The maximum atomic E-state index is 5.58. The van der Waals surface area contributed by atoms with Crippen molar-refractivity contribution in [3.8, 4) is 0 Å². The van der Waals surface area contributed by atoms with E-state index in [1.807, 2.05) is 13.8 Å². The van der Waals surface area contributed by atoms with Gasteiger partial charge in [0, 0.05) is 19.0 Å². The fraction of sp³-hybridized carbons (Fsp3) is 0.474. The van der Waals surface area contributed by atoms with Crippen molar-refractivity contribution < 1.29 is 4.42 Å². The predicted octanol–water partition coefficient (Wildman–Crippen LogP) is 3.86. The van der Waals surface area contributed by atoms with Crippen LogP contribution < -0.4 is 10.6 Å². The molecule has 2 rings (SSSR count). The topological polar surface area (TPSA) is 62.5 Å². The average Bonchev–Trinajstić information content (AvgIpc) is 2.86. The summed E-state index contributed by atoms with van der Waals surface area (Å²) >= 11 is 0. The zero-order valence-corrected chi connectivity index (χ0v) is 18.3. The highest BCUT2D eigenvalue weighted by atomic mass is 127. The molecule has 5 nitrogen and oxygen atoms in total. The van der Waals surface area contributed by atoms with Crippen molar-refractivity contribution in [3.63, 3.8) is 0 Å². The van der Waals surface area contributed by atoms with E-state index in [0.717, 1.165) is 24.0 Å². The first-order valence-electron chi connectivity index (χ1n) is 8.26. The van der Waals surface area contributed by atoms with Gasteiger partial charge in [0.15, 0.2) is 5.96 Å². The van der Waals surface area contributed by atoms with E-state index in [9.17, 15) is 0 Å². The lowest BCUT2D eigenvalue weighted by atomic mass is 9.84. The molecule has 25 heavy (non-hydrogen) atoms. The van der Waals surface area contributed by atoms with Crippen LogP contribution in [0.25, 0.3) is 0 Å². The molecular formula is C19H29IN4O. The van der Waals surface area contributed by atoms with Gasteiger partial charge in [-0.15, -0.1) is 24.0 Å². The van der Waals surface area contributed by atoms with Crippen molar-refractivity contribution in [1.82, 2.24) is 15.6 Å². The second-order valence-electron chi connectivity index (χ2n) is 6.78. The van der Waals surface area contributed by atoms with Crippen molar-refractivity contribution in [3.05, 3.63) is 52.7 Å². The van der Waals surface area contributed by atoms with Crippen LogP contribution in [0.4, 0.5) is 0 Å². The molecule has 2 aromatic rings. The minimum Gasteiger partial charge on any atom is -0.444 e. The SMILES string of the molecule is CN=C(NCc1nc(C)c(C)o1)NCC(C)(C)c1cccc(C)c1.I. The Kier molecular flexibility index (Phi) is 7.92. The van der Waals surface area contributed by atoms with Crippen molar-refractivity contribution >= 4 is 29.9 Å². The monoisotopic (exact) mass is 456 g/mol. The number of benzene rings is 1. The maximum Gasteiger partial charge on any atom is 0.214 e. The van der Waals surface area contributed by atoms with E-state index in [1.165, 1.54) is 11.1 Å². The molecule has 1 heterocycles. The highest BCUT2D eigenvalue weighted by Gasteiger charge is 2.21. The normalized spacial score (nSPS) is 11.8. The van der Waals surface area contributed by atoms with Gasteiger partial charge < -0.3 is 15.1 Å². The number of oxazole rings is 1. The first-order valence-corrected chi connectivity index (χ1v) is 8.26. The Morgan fingerprint density at radius 3 is 2.48 bits per heavy atom. The summed E-state index contributed by atoms with van der Waals surface area (Å²) in [6.07, 6.45) is 0. The minimum atomic E-state index is -0.000250. The van der Waals surface area contributed by atoms with Crippen molar-refractivity contribution in [2.75, 3.05) is 13.6 Å². The summed E-state index contributed by atoms with van der Waals surface area (Å²) < 4.78 is 5.58. The molecule has 0 aliphatic heterocycles. The third-order valence-corrected chi connectivity index (χ3v) is 4.20. The van der Waals surface area contributed by atoms with Crippen LogP contribution in [-0.2, 0) is 12.0 Å². The van der Waals surface area contributed by atoms with Crippen LogP contribution in [-0.4, -0.2) is 24.5 Å². The molecule has 2 N–H and O–H groups in total. The Bertz CT molecular complexity index is 702. The van der Waals surface area contributed by atoms with E-state index in [4.69, 9.17) is 4.42 Å². The van der Waals surface area contributed by atoms with Crippen LogP contribution in [0.2, 0.25) is 0 Å². The summed E-state index contributed by atoms with van der Waals surface area (Å²) in [5.41, 5.74) is 3.51. The number of aromatic nitrogens is 1. The van der Waals surface area contributed by atoms with Gasteiger partial charge in [-0.05, 0) is 26.3 Å². The summed E-state index contributed by atoms with van der Waals surface area (Å²) in [6.45, 7) is 11.7. The van der Waals surface area contributed by atoms with Crippen molar-refractivity contribution in [1.29, 1.82) is 0 Å². The van der Waals surface area contributed by atoms with Crippen LogP contribution in [0, 0.1) is 20.8 Å². The van der Waals surface area contributed by atoms with Gasteiger partial charge in [0.05, 0.1) is 12.2 Å². The van der Waals surface area contributed by atoms with E-state index in [0.29, 0.717) is 12.4 Å². The number of hydrogen-bond acceptors (Lipinski definition) is 3. The number of nitrogens with zero attached hydrogens (tertiary/aromatic N) is 2.